The van der Waals surface area contributed by atoms with Gasteiger partial charge in [-0.05, 0) is 39.3 Å². The monoisotopic (exact) mass is 256 g/mol. The number of carbonyl (C=O) groups excluding carboxylic acids is 1. The highest BCUT2D eigenvalue weighted by Gasteiger charge is 2.20. The van der Waals surface area contributed by atoms with Gasteiger partial charge in [0.1, 0.15) is 11.3 Å². The molecule has 3 nitrogen and oxygen atoms in total. The summed E-state index contributed by atoms with van der Waals surface area (Å²) < 4.78 is 10.9. The molecule has 0 saturated heterocycles. The van der Waals surface area contributed by atoms with E-state index in [-0.39, 0.29) is 5.78 Å². The molecule has 94 valence electrons. The third-order valence-corrected chi connectivity index (χ3v) is 2.78. The molecule has 0 radical (unpaired) electrons. The highest BCUT2D eigenvalue weighted by molar-refractivity contribution is 6.33. The maximum absolute atomic E-state index is 11.7. The van der Waals surface area contributed by atoms with E-state index in [2.05, 4.69) is 0 Å². The van der Waals surface area contributed by atoms with E-state index in [1.54, 1.807) is 6.07 Å². The van der Waals surface area contributed by atoms with Gasteiger partial charge in [-0.15, -0.1) is 0 Å². The molecule has 0 aromatic heterocycles. The first-order valence-electron chi connectivity index (χ1n) is 5.62. The number of halogens is 1. The van der Waals surface area contributed by atoms with Crippen molar-refractivity contribution in [2.75, 3.05) is 13.2 Å². The minimum Gasteiger partial charge on any atom is -0.493 e. The Morgan fingerprint density at radius 3 is 2.35 bits per heavy atom. The fourth-order valence-electron chi connectivity index (χ4n) is 1.62. The zero-order valence-corrected chi connectivity index (χ0v) is 11.4. The Labute approximate surface area is 107 Å². The molecule has 0 bridgehead atoms. The van der Waals surface area contributed by atoms with E-state index >= 15 is 0 Å². The Kier molecular flexibility index (Phi) is 4.82. The van der Waals surface area contributed by atoms with Crippen LogP contribution in [0.3, 0.4) is 0 Å². The number of hydrogen-bond donors (Lipinski definition) is 0. The highest BCUT2D eigenvalue weighted by Crippen LogP contribution is 2.38. The zero-order valence-electron chi connectivity index (χ0n) is 10.6. The van der Waals surface area contributed by atoms with Crippen LogP contribution < -0.4 is 9.47 Å². The first-order valence-corrected chi connectivity index (χ1v) is 6.00. The van der Waals surface area contributed by atoms with Crippen LogP contribution in [0.1, 0.15) is 36.7 Å². The van der Waals surface area contributed by atoms with Crippen LogP contribution in [0.15, 0.2) is 6.07 Å². The number of rotatable bonds is 5. The van der Waals surface area contributed by atoms with E-state index in [0.29, 0.717) is 35.3 Å². The third-order valence-electron chi connectivity index (χ3n) is 2.31. The fourth-order valence-corrected chi connectivity index (χ4v) is 1.82. The summed E-state index contributed by atoms with van der Waals surface area (Å²) in [6.07, 6.45) is 0. The van der Waals surface area contributed by atoms with E-state index in [1.165, 1.54) is 6.92 Å². The second-order valence-electron chi connectivity index (χ2n) is 3.63. The molecule has 0 atom stereocenters. The van der Waals surface area contributed by atoms with Crippen LogP contribution >= 0.6 is 11.6 Å². The number of aryl methyl sites for hydroxylation is 1. The lowest BCUT2D eigenvalue weighted by Gasteiger charge is -2.16. The lowest BCUT2D eigenvalue weighted by atomic mass is 10.1. The molecule has 0 aliphatic heterocycles. The molecule has 0 N–H and O–H groups in total. The average molecular weight is 257 g/mol. The van der Waals surface area contributed by atoms with Gasteiger partial charge in [-0.2, -0.15) is 0 Å². The predicted molar refractivity (Wildman–Crippen MR) is 68.5 cm³/mol. The topological polar surface area (TPSA) is 35.5 Å². The molecular formula is C13H17ClO3. The lowest BCUT2D eigenvalue weighted by molar-refractivity contribution is 0.101. The molecule has 0 heterocycles. The maximum atomic E-state index is 11.7. The van der Waals surface area contributed by atoms with Gasteiger partial charge >= 0.3 is 0 Å². The van der Waals surface area contributed by atoms with Crippen molar-refractivity contribution in [3.05, 3.63) is 22.2 Å². The third kappa shape index (κ3) is 2.91. The van der Waals surface area contributed by atoms with E-state index in [0.717, 1.165) is 5.56 Å². The van der Waals surface area contributed by atoms with Crippen LogP contribution in [0.5, 0.6) is 11.5 Å². The van der Waals surface area contributed by atoms with Gasteiger partial charge in [0.2, 0.25) is 0 Å². The molecule has 0 saturated carbocycles. The highest BCUT2D eigenvalue weighted by atomic mass is 35.5. The summed E-state index contributed by atoms with van der Waals surface area (Å²) in [4.78, 5) is 11.7. The molecule has 0 amide bonds. The van der Waals surface area contributed by atoms with E-state index < -0.39 is 0 Å². The zero-order chi connectivity index (χ0) is 13.0. The van der Waals surface area contributed by atoms with Crippen molar-refractivity contribution in [3.8, 4) is 11.5 Å². The summed E-state index contributed by atoms with van der Waals surface area (Å²) in [5, 5.41) is 0.473. The van der Waals surface area contributed by atoms with Crippen LogP contribution in [0.2, 0.25) is 5.02 Å². The predicted octanol–water partition coefficient (Wildman–Crippen LogP) is 3.65. The van der Waals surface area contributed by atoms with Crippen LogP contribution in [-0.2, 0) is 0 Å². The Balaban J connectivity index is 3.45. The van der Waals surface area contributed by atoms with Crippen molar-refractivity contribution in [2.45, 2.75) is 27.7 Å². The number of ketones is 1. The summed E-state index contributed by atoms with van der Waals surface area (Å²) in [5.74, 6) is 0.842. The van der Waals surface area contributed by atoms with E-state index in [4.69, 9.17) is 21.1 Å². The molecule has 0 fully saturated rings. The quantitative estimate of drug-likeness (QED) is 0.755. The number of ether oxygens (including phenoxy) is 2. The molecule has 0 aliphatic rings. The van der Waals surface area contributed by atoms with Crippen molar-refractivity contribution >= 4 is 17.4 Å². The number of benzene rings is 1. The molecule has 0 aliphatic carbocycles. The van der Waals surface area contributed by atoms with E-state index in [1.807, 2.05) is 20.8 Å². The van der Waals surface area contributed by atoms with Crippen molar-refractivity contribution in [1.82, 2.24) is 0 Å². The van der Waals surface area contributed by atoms with Gasteiger partial charge in [0.25, 0.3) is 0 Å². The van der Waals surface area contributed by atoms with Crippen molar-refractivity contribution in [3.63, 3.8) is 0 Å². The fraction of sp³-hybridized carbons (Fsp3) is 0.462. The minimum atomic E-state index is -0.112. The molecule has 4 heteroatoms. The van der Waals surface area contributed by atoms with Crippen molar-refractivity contribution in [2.24, 2.45) is 0 Å². The van der Waals surface area contributed by atoms with Gasteiger partial charge in [-0.3, -0.25) is 4.79 Å². The second-order valence-corrected chi connectivity index (χ2v) is 4.01. The van der Waals surface area contributed by atoms with Gasteiger partial charge in [-0.1, -0.05) is 11.6 Å². The summed E-state index contributed by atoms with van der Waals surface area (Å²) in [6.45, 7) is 8.00. The van der Waals surface area contributed by atoms with Gasteiger partial charge in [-0.25, -0.2) is 0 Å². The number of Topliss-reactive ketones (excluding diaryl/α,β-unsaturated/α-hetero) is 1. The van der Waals surface area contributed by atoms with Gasteiger partial charge in [0.15, 0.2) is 11.5 Å². The van der Waals surface area contributed by atoms with Crippen LogP contribution in [-0.4, -0.2) is 19.0 Å². The van der Waals surface area contributed by atoms with Gasteiger partial charge in [0.05, 0.1) is 18.2 Å². The number of carbonyl (C=O) groups is 1. The van der Waals surface area contributed by atoms with Gasteiger partial charge < -0.3 is 9.47 Å². The molecule has 17 heavy (non-hydrogen) atoms. The molecule has 1 aromatic rings. The average Bonchev–Trinajstić information content (AvgIpc) is 2.25. The Bertz CT molecular complexity index is 427. The Hall–Kier alpha value is -1.22. The SMILES string of the molecule is CCOc1cc(C)c(Cl)c(OCC)c1C(C)=O. The van der Waals surface area contributed by atoms with E-state index in [9.17, 15) is 4.79 Å². The van der Waals surface area contributed by atoms with Crippen molar-refractivity contribution in [1.29, 1.82) is 0 Å². The van der Waals surface area contributed by atoms with Crippen molar-refractivity contribution < 1.29 is 14.3 Å². The summed E-state index contributed by atoms with van der Waals surface area (Å²) in [7, 11) is 0. The largest absolute Gasteiger partial charge is 0.493 e. The molecule has 0 unspecified atom stereocenters. The first kappa shape index (κ1) is 13.8. The van der Waals surface area contributed by atoms with Gasteiger partial charge in [0, 0.05) is 0 Å². The summed E-state index contributed by atoms with van der Waals surface area (Å²) >= 11 is 6.16. The first-order chi connectivity index (χ1) is 8.02. The summed E-state index contributed by atoms with van der Waals surface area (Å²) in [6, 6.07) is 1.77. The molecule has 1 rings (SSSR count). The molecule has 1 aromatic carbocycles. The maximum Gasteiger partial charge on any atom is 0.167 e. The lowest BCUT2D eigenvalue weighted by Crippen LogP contribution is -2.06. The van der Waals surface area contributed by atoms with Crippen LogP contribution in [0.4, 0.5) is 0 Å². The molecular weight excluding hydrogens is 240 g/mol. The summed E-state index contributed by atoms with van der Waals surface area (Å²) in [5.41, 5.74) is 1.26. The standard InChI is InChI=1S/C13H17ClO3/c1-5-16-10-7-8(3)12(14)13(17-6-2)11(10)9(4)15/h7H,5-6H2,1-4H3. The Morgan fingerprint density at radius 1 is 1.29 bits per heavy atom. The smallest absolute Gasteiger partial charge is 0.167 e. The van der Waals surface area contributed by atoms with Crippen LogP contribution in [0, 0.1) is 6.92 Å². The number of hydrogen-bond acceptors (Lipinski definition) is 3. The second kappa shape index (κ2) is 5.92. The molecule has 0 spiro atoms. The Morgan fingerprint density at radius 2 is 1.88 bits per heavy atom. The minimum absolute atomic E-state index is 0.112. The normalized spacial score (nSPS) is 10.2. The van der Waals surface area contributed by atoms with Crippen LogP contribution in [0.25, 0.3) is 0 Å².